The molecule has 2 fully saturated rings. The first-order valence-electron chi connectivity index (χ1n) is 8.27. The largest absolute Gasteiger partial charge is 0.306 e. The van der Waals surface area contributed by atoms with Crippen molar-refractivity contribution in [3.8, 4) is 0 Å². The van der Waals surface area contributed by atoms with E-state index in [9.17, 15) is 0 Å². The lowest BCUT2D eigenvalue weighted by molar-refractivity contribution is 0.209. The molecule has 0 radical (unpaired) electrons. The molecular weight excluding hydrogens is 230 g/mol. The minimum atomic E-state index is 0.822. The van der Waals surface area contributed by atoms with Gasteiger partial charge in [-0.1, -0.05) is 43.6 Å². The molecule has 2 saturated carbocycles. The molecule has 0 bridgehead atoms. The molecule has 0 N–H and O–H groups in total. The molecule has 0 aliphatic heterocycles. The summed E-state index contributed by atoms with van der Waals surface area (Å²) in [6, 6.07) is 0.822. The molecule has 0 aromatic rings. The molecule has 0 aromatic heterocycles. The predicted molar refractivity (Wildman–Crippen MR) is 84.3 cm³/mol. The van der Waals surface area contributed by atoms with Crippen molar-refractivity contribution in [3.63, 3.8) is 0 Å². The van der Waals surface area contributed by atoms with Gasteiger partial charge in [0.15, 0.2) is 0 Å². The molecule has 2 aliphatic carbocycles. The van der Waals surface area contributed by atoms with E-state index in [4.69, 9.17) is 0 Å². The Kier molecular flexibility index (Phi) is 6.16. The molecule has 19 heavy (non-hydrogen) atoms. The van der Waals surface area contributed by atoms with E-state index in [1.807, 2.05) is 0 Å². The summed E-state index contributed by atoms with van der Waals surface area (Å²) < 4.78 is 0. The van der Waals surface area contributed by atoms with E-state index in [0.29, 0.717) is 0 Å². The Hall–Kier alpha value is -0.560. The second-order valence-electron chi connectivity index (χ2n) is 6.70. The van der Waals surface area contributed by atoms with E-state index < -0.39 is 0 Å². The van der Waals surface area contributed by atoms with E-state index in [0.717, 1.165) is 17.9 Å². The Morgan fingerprint density at radius 3 is 1.74 bits per heavy atom. The van der Waals surface area contributed by atoms with Crippen LogP contribution < -0.4 is 0 Å². The first kappa shape index (κ1) is 14.8. The maximum atomic E-state index is 2.45. The normalized spacial score (nSPS) is 30.7. The molecule has 1 heteroatoms. The molecule has 108 valence electrons. The van der Waals surface area contributed by atoms with Crippen molar-refractivity contribution in [1.29, 1.82) is 0 Å². The molecule has 2 aliphatic rings. The fraction of sp³-hybridized carbons (Fsp3) is 0.778. The highest BCUT2D eigenvalue weighted by Crippen LogP contribution is 2.28. The lowest BCUT2D eigenvalue weighted by Crippen LogP contribution is -2.31. The van der Waals surface area contributed by atoms with E-state index in [1.54, 1.807) is 0 Å². The van der Waals surface area contributed by atoms with Crippen molar-refractivity contribution in [2.75, 3.05) is 14.1 Å². The molecule has 0 aromatic carbocycles. The third kappa shape index (κ3) is 5.14. The van der Waals surface area contributed by atoms with Crippen molar-refractivity contribution >= 4 is 0 Å². The van der Waals surface area contributed by atoms with Crippen LogP contribution in [-0.4, -0.2) is 25.0 Å². The molecule has 0 unspecified atom stereocenters. The Morgan fingerprint density at radius 2 is 1.21 bits per heavy atom. The average molecular weight is 261 g/mol. The highest BCUT2D eigenvalue weighted by molar-refractivity contribution is 5.07. The van der Waals surface area contributed by atoms with Crippen molar-refractivity contribution in [1.82, 2.24) is 4.90 Å². The van der Waals surface area contributed by atoms with Gasteiger partial charge in [-0.05, 0) is 64.5 Å². The van der Waals surface area contributed by atoms with Gasteiger partial charge >= 0.3 is 0 Å². The summed E-state index contributed by atoms with van der Waals surface area (Å²) >= 11 is 0. The van der Waals surface area contributed by atoms with Crippen LogP contribution in [0.2, 0.25) is 0 Å². The van der Waals surface area contributed by atoms with Crippen LogP contribution >= 0.6 is 0 Å². The van der Waals surface area contributed by atoms with Gasteiger partial charge in [0.1, 0.15) is 0 Å². The molecule has 0 amide bonds. The fourth-order valence-electron chi connectivity index (χ4n) is 3.58. The summed E-state index contributed by atoms with van der Waals surface area (Å²) in [5.41, 5.74) is 0. The smallest absolute Gasteiger partial charge is 0.00895 e. The predicted octanol–water partition coefficient (Wildman–Crippen LogP) is 4.80. The molecule has 1 nitrogen and oxygen atoms in total. The fourth-order valence-corrected chi connectivity index (χ4v) is 3.58. The summed E-state index contributed by atoms with van der Waals surface area (Å²) in [4.78, 5) is 2.39. The van der Waals surface area contributed by atoms with Crippen LogP contribution in [0.25, 0.3) is 0 Å². The summed E-state index contributed by atoms with van der Waals surface area (Å²) in [5.74, 6) is 1.69. The van der Waals surface area contributed by atoms with Crippen LogP contribution in [0, 0.1) is 11.8 Å². The molecule has 2 rings (SSSR count). The van der Waals surface area contributed by atoms with Gasteiger partial charge < -0.3 is 4.90 Å². The van der Waals surface area contributed by atoms with Gasteiger partial charge in [-0.15, -0.1) is 0 Å². The molecule has 0 heterocycles. The summed E-state index contributed by atoms with van der Waals surface area (Å²) in [7, 11) is 4.43. The first-order valence-corrected chi connectivity index (χ1v) is 8.27. The average Bonchev–Trinajstić information content (AvgIpc) is 2.45. The van der Waals surface area contributed by atoms with Gasteiger partial charge in [-0.3, -0.25) is 0 Å². The summed E-state index contributed by atoms with van der Waals surface area (Å²) in [5, 5.41) is 0. The van der Waals surface area contributed by atoms with Gasteiger partial charge in [-0.2, -0.15) is 0 Å². The van der Waals surface area contributed by atoms with Crippen molar-refractivity contribution in [2.24, 2.45) is 11.8 Å². The number of allylic oxidation sites excluding steroid dienone is 4. The van der Waals surface area contributed by atoms with Crippen molar-refractivity contribution in [2.45, 2.75) is 63.8 Å². The van der Waals surface area contributed by atoms with Gasteiger partial charge in [-0.25, -0.2) is 0 Å². The number of rotatable bonds is 4. The zero-order chi connectivity index (χ0) is 13.5. The second kappa shape index (κ2) is 7.89. The SMILES string of the molecule is CN(C)C1CCC(/C=C/C=C/C2CCCCC2)CC1. The Balaban J connectivity index is 1.67. The van der Waals surface area contributed by atoms with Crippen LogP contribution in [0.4, 0.5) is 0 Å². The van der Waals surface area contributed by atoms with Crippen LogP contribution in [0.5, 0.6) is 0 Å². The standard InChI is InChI=1S/C18H31N/c1-19(2)18-14-12-17(13-15-18)11-7-6-10-16-8-4-3-5-9-16/h6-7,10-11,16-18H,3-5,8-9,12-15H2,1-2H3/b10-6+,11-7+. The lowest BCUT2D eigenvalue weighted by atomic mass is 9.85. The van der Waals surface area contributed by atoms with Crippen LogP contribution in [0.3, 0.4) is 0 Å². The third-order valence-corrected chi connectivity index (χ3v) is 5.00. The van der Waals surface area contributed by atoms with Crippen LogP contribution in [0.15, 0.2) is 24.3 Å². The minimum absolute atomic E-state index is 0.822. The third-order valence-electron chi connectivity index (χ3n) is 5.00. The first-order chi connectivity index (χ1) is 9.25. The summed E-state index contributed by atoms with van der Waals surface area (Å²) in [6.07, 6.45) is 22.2. The number of nitrogens with zero attached hydrogens (tertiary/aromatic N) is 1. The quantitative estimate of drug-likeness (QED) is 0.657. The van der Waals surface area contributed by atoms with Crippen molar-refractivity contribution < 1.29 is 0 Å². The lowest BCUT2D eigenvalue weighted by Gasteiger charge is -2.31. The topological polar surface area (TPSA) is 3.24 Å². The Bertz CT molecular complexity index is 289. The van der Waals surface area contributed by atoms with Gasteiger partial charge in [0, 0.05) is 6.04 Å². The second-order valence-corrected chi connectivity index (χ2v) is 6.70. The monoisotopic (exact) mass is 261 g/mol. The van der Waals surface area contributed by atoms with Crippen LogP contribution in [0.1, 0.15) is 57.8 Å². The molecule has 0 saturated heterocycles. The zero-order valence-electron chi connectivity index (χ0n) is 12.9. The maximum Gasteiger partial charge on any atom is 0.00895 e. The van der Waals surface area contributed by atoms with E-state index >= 15 is 0 Å². The van der Waals surface area contributed by atoms with Gasteiger partial charge in [0.25, 0.3) is 0 Å². The highest BCUT2D eigenvalue weighted by atomic mass is 15.1. The Morgan fingerprint density at radius 1 is 0.684 bits per heavy atom. The Labute approximate surface area is 119 Å². The van der Waals surface area contributed by atoms with E-state index in [2.05, 4.69) is 43.3 Å². The number of hydrogen-bond acceptors (Lipinski definition) is 1. The molecule has 0 atom stereocenters. The van der Waals surface area contributed by atoms with Gasteiger partial charge in [0.05, 0.1) is 0 Å². The molecular formula is C18H31N. The van der Waals surface area contributed by atoms with Crippen molar-refractivity contribution in [3.05, 3.63) is 24.3 Å². The highest BCUT2D eigenvalue weighted by Gasteiger charge is 2.20. The maximum absolute atomic E-state index is 2.45. The minimum Gasteiger partial charge on any atom is -0.306 e. The summed E-state index contributed by atoms with van der Waals surface area (Å²) in [6.45, 7) is 0. The van der Waals surface area contributed by atoms with E-state index in [1.165, 1.54) is 57.8 Å². The van der Waals surface area contributed by atoms with Gasteiger partial charge in [0.2, 0.25) is 0 Å². The van der Waals surface area contributed by atoms with E-state index in [-0.39, 0.29) is 0 Å². The zero-order valence-corrected chi connectivity index (χ0v) is 12.9. The number of hydrogen-bond donors (Lipinski definition) is 0. The van der Waals surface area contributed by atoms with Crippen LogP contribution in [-0.2, 0) is 0 Å². The molecule has 0 spiro atoms.